The van der Waals surface area contributed by atoms with Crippen LogP contribution in [0.3, 0.4) is 0 Å². The summed E-state index contributed by atoms with van der Waals surface area (Å²) in [6.45, 7) is -0.707. The van der Waals surface area contributed by atoms with Crippen LogP contribution in [-0.2, 0) is 11.3 Å². The minimum Gasteiger partial charge on any atom is -0.478 e. The lowest BCUT2D eigenvalue weighted by molar-refractivity contribution is -0.174. The molecule has 0 atom stereocenters. The normalized spacial score (nSPS) is 12.0. The number of hydrogen-bond acceptors (Lipinski definition) is 2. The number of halogens is 3. The zero-order chi connectivity index (χ0) is 15.5. The lowest BCUT2D eigenvalue weighted by Gasteiger charge is -2.08. The van der Waals surface area contributed by atoms with Crippen LogP contribution in [-0.4, -0.2) is 35.0 Å². The van der Waals surface area contributed by atoms with E-state index in [1.54, 1.807) is 24.4 Å². The van der Waals surface area contributed by atoms with E-state index < -0.39 is 18.8 Å². The van der Waals surface area contributed by atoms with Crippen LogP contribution in [0.1, 0.15) is 16.8 Å². The summed E-state index contributed by atoms with van der Waals surface area (Å²) in [4.78, 5) is 10.9. The smallest absolute Gasteiger partial charge is 0.411 e. The third-order valence-electron chi connectivity index (χ3n) is 2.97. The molecule has 114 valence electrons. The molecule has 0 saturated carbocycles. The van der Waals surface area contributed by atoms with E-state index in [4.69, 9.17) is 5.11 Å². The molecular formula is C14H14F3NO3. The number of hydrogen-bond donors (Lipinski definition) is 1. The Morgan fingerprint density at radius 1 is 1.29 bits per heavy atom. The molecule has 0 amide bonds. The molecule has 0 radical (unpaired) electrons. The summed E-state index contributed by atoms with van der Waals surface area (Å²) in [7, 11) is 0. The number of benzene rings is 1. The van der Waals surface area contributed by atoms with Gasteiger partial charge in [0.15, 0.2) is 0 Å². The molecule has 0 saturated heterocycles. The van der Waals surface area contributed by atoms with Gasteiger partial charge in [0.2, 0.25) is 0 Å². The van der Waals surface area contributed by atoms with Crippen molar-refractivity contribution < 1.29 is 27.8 Å². The van der Waals surface area contributed by atoms with Gasteiger partial charge in [0, 0.05) is 30.3 Å². The third-order valence-corrected chi connectivity index (χ3v) is 2.97. The molecule has 0 fully saturated rings. The largest absolute Gasteiger partial charge is 0.478 e. The Kier molecular flexibility index (Phi) is 4.52. The van der Waals surface area contributed by atoms with E-state index >= 15 is 0 Å². The molecule has 4 nitrogen and oxygen atoms in total. The fourth-order valence-electron chi connectivity index (χ4n) is 2.05. The molecule has 0 unspecified atom stereocenters. The number of rotatable bonds is 6. The highest BCUT2D eigenvalue weighted by Crippen LogP contribution is 2.18. The standard InChI is InChI=1S/C14H14F3NO3/c15-14(16,17)9-21-7-1-5-18-6-4-10-8-11(13(19)20)2-3-12(10)18/h2-4,6,8H,1,5,7,9H2,(H,19,20). The number of ether oxygens (including phenoxy) is 1. The van der Waals surface area contributed by atoms with Crippen LogP contribution >= 0.6 is 0 Å². The van der Waals surface area contributed by atoms with Gasteiger partial charge in [0.05, 0.1) is 5.56 Å². The highest BCUT2D eigenvalue weighted by Gasteiger charge is 2.27. The minimum atomic E-state index is -4.30. The summed E-state index contributed by atoms with van der Waals surface area (Å²) in [6, 6.07) is 6.53. The Bertz CT molecular complexity index is 634. The van der Waals surface area contributed by atoms with Crippen LogP contribution < -0.4 is 0 Å². The number of aryl methyl sites for hydroxylation is 1. The fourth-order valence-corrected chi connectivity index (χ4v) is 2.05. The number of carboxylic acids is 1. The maximum Gasteiger partial charge on any atom is 0.411 e. The van der Waals surface area contributed by atoms with Gasteiger partial charge in [0.25, 0.3) is 0 Å². The number of alkyl halides is 3. The Morgan fingerprint density at radius 2 is 2.05 bits per heavy atom. The Balaban J connectivity index is 1.92. The first-order valence-electron chi connectivity index (χ1n) is 6.33. The first kappa shape index (κ1) is 15.4. The van der Waals surface area contributed by atoms with Crippen molar-refractivity contribution >= 4 is 16.9 Å². The third kappa shape index (κ3) is 4.22. The van der Waals surface area contributed by atoms with E-state index in [0.717, 1.165) is 10.9 Å². The van der Waals surface area contributed by atoms with Crippen molar-refractivity contribution in [2.75, 3.05) is 13.2 Å². The molecule has 1 aromatic heterocycles. The van der Waals surface area contributed by atoms with E-state index in [2.05, 4.69) is 4.74 Å². The van der Waals surface area contributed by atoms with Crippen molar-refractivity contribution in [1.82, 2.24) is 4.57 Å². The summed E-state index contributed by atoms with van der Waals surface area (Å²) < 4.78 is 42.1. The molecule has 0 spiro atoms. The lowest BCUT2D eigenvalue weighted by atomic mass is 10.1. The Labute approximate surface area is 118 Å². The van der Waals surface area contributed by atoms with Gasteiger partial charge >= 0.3 is 12.1 Å². The van der Waals surface area contributed by atoms with Gasteiger partial charge < -0.3 is 14.4 Å². The highest BCUT2D eigenvalue weighted by molar-refractivity contribution is 5.93. The molecule has 1 N–H and O–H groups in total. The highest BCUT2D eigenvalue weighted by atomic mass is 19.4. The number of fused-ring (bicyclic) bond motifs is 1. The van der Waals surface area contributed by atoms with Crippen LogP contribution in [0.25, 0.3) is 10.9 Å². The van der Waals surface area contributed by atoms with Gasteiger partial charge in [-0.1, -0.05) is 0 Å². The number of aromatic nitrogens is 1. The Morgan fingerprint density at radius 3 is 2.71 bits per heavy atom. The number of carboxylic acid groups (broad SMARTS) is 1. The fraction of sp³-hybridized carbons (Fsp3) is 0.357. The van der Waals surface area contributed by atoms with E-state index in [9.17, 15) is 18.0 Å². The number of nitrogens with zero attached hydrogens (tertiary/aromatic N) is 1. The summed E-state index contributed by atoms with van der Waals surface area (Å²) in [5, 5.41) is 9.69. The molecule has 2 rings (SSSR count). The van der Waals surface area contributed by atoms with Crippen LogP contribution in [0.2, 0.25) is 0 Å². The summed E-state index contributed by atoms with van der Waals surface area (Å²) in [5.41, 5.74) is 1.05. The lowest BCUT2D eigenvalue weighted by Crippen LogP contribution is -2.17. The molecule has 1 heterocycles. The second-order valence-corrected chi connectivity index (χ2v) is 4.61. The summed E-state index contributed by atoms with van der Waals surface area (Å²) >= 11 is 0. The van der Waals surface area contributed by atoms with E-state index in [0.29, 0.717) is 13.0 Å². The SMILES string of the molecule is O=C(O)c1ccc2c(ccn2CCCOCC(F)(F)F)c1. The molecule has 0 bridgehead atoms. The first-order valence-corrected chi connectivity index (χ1v) is 6.33. The van der Waals surface area contributed by atoms with Gasteiger partial charge in [-0.3, -0.25) is 0 Å². The van der Waals surface area contributed by atoms with Crippen LogP contribution in [0.15, 0.2) is 30.5 Å². The molecule has 0 aliphatic heterocycles. The average molecular weight is 301 g/mol. The van der Waals surface area contributed by atoms with Crippen LogP contribution in [0.5, 0.6) is 0 Å². The molecule has 2 aromatic rings. The quantitative estimate of drug-likeness (QED) is 0.833. The molecular weight excluding hydrogens is 287 g/mol. The van der Waals surface area contributed by atoms with Crippen molar-refractivity contribution in [3.05, 3.63) is 36.0 Å². The monoisotopic (exact) mass is 301 g/mol. The van der Waals surface area contributed by atoms with Gasteiger partial charge in [0.1, 0.15) is 6.61 Å². The predicted octanol–water partition coefficient (Wildman–Crippen LogP) is 3.31. The number of aromatic carboxylic acids is 1. The molecule has 0 aliphatic carbocycles. The molecule has 21 heavy (non-hydrogen) atoms. The summed E-state index contributed by atoms with van der Waals surface area (Å²) in [6.07, 6.45) is -2.08. The van der Waals surface area contributed by atoms with Gasteiger partial charge in [-0.05, 0) is 30.7 Å². The van der Waals surface area contributed by atoms with Crippen molar-refractivity contribution in [3.8, 4) is 0 Å². The van der Waals surface area contributed by atoms with Crippen LogP contribution in [0.4, 0.5) is 13.2 Å². The minimum absolute atomic E-state index is 0.0202. The van der Waals surface area contributed by atoms with Crippen LogP contribution in [0, 0.1) is 0 Å². The van der Waals surface area contributed by atoms with Crippen molar-refractivity contribution in [1.29, 1.82) is 0 Å². The maximum atomic E-state index is 11.9. The average Bonchev–Trinajstić information content (AvgIpc) is 2.79. The van der Waals surface area contributed by atoms with Crippen molar-refractivity contribution in [3.63, 3.8) is 0 Å². The summed E-state index contributed by atoms with van der Waals surface area (Å²) in [5.74, 6) is -0.995. The van der Waals surface area contributed by atoms with E-state index in [-0.39, 0.29) is 12.2 Å². The van der Waals surface area contributed by atoms with Gasteiger partial charge in [-0.15, -0.1) is 0 Å². The predicted molar refractivity (Wildman–Crippen MR) is 70.4 cm³/mol. The maximum absolute atomic E-state index is 11.9. The van der Waals surface area contributed by atoms with E-state index in [1.807, 2.05) is 4.57 Å². The van der Waals surface area contributed by atoms with Crippen molar-refractivity contribution in [2.24, 2.45) is 0 Å². The van der Waals surface area contributed by atoms with Gasteiger partial charge in [-0.25, -0.2) is 4.79 Å². The Hall–Kier alpha value is -2.02. The molecule has 7 heteroatoms. The first-order chi connectivity index (χ1) is 9.87. The molecule has 1 aromatic carbocycles. The molecule has 0 aliphatic rings. The second-order valence-electron chi connectivity index (χ2n) is 4.61. The zero-order valence-electron chi connectivity index (χ0n) is 11.1. The zero-order valence-corrected chi connectivity index (χ0v) is 11.1. The second kappa shape index (κ2) is 6.17. The van der Waals surface area contributed by atoms with E-state index in [1.165, 1.54) is 6.07 Å². The number of carbonyl (C=O) groups is 1. The topological polar surface area (TPSA) is 51.5 Å². The van der Waals surface area contributed by atoms with Gasteiger partial charge in [-0.2, -0.15) is 13.2 Å². The van der Waals surface area contributed by atoms with Crippen molar-refractivity contribution in [2.45, 2.75) is 19.1 Å².